The summed E-state index contributed by atoms with van der Waals surface area (Å²) in [5.74, 6) is -1.03. The Hall–Kier alpha value is -0.910. The fraction of sp³-hybridized carbons (Fsp3) is 0.889. The second-order valence-electron chi connectivity index (χ2n) is 4.39. The van der Waals surface area contributed by atoms with Crippen molar-refractivity contribution in [2.75, 3.05) is 32.7 Å². The quantitative estimate of drug-likeness (QED) is 0.711. The van der Waals surface area contributed by atoms with E-state index in [1.807, 2.05) is 0 Å². The number of carboxylic acids is 1. The van der Waals surface area contributed by atoms with Crippen LogP contribution in [0.25, 0.3) is 0 Å². The van der Waals surface area contributed by atoms with Crippen LogP contribution in [0.3, 0.4) is 0 Å². The number of nitrogens with one attached hydrogen (secondary N) is 1. The molecule has 1 fully saturated rings. The van der Waals surface area contributed by atoms with E-state index in [1.54, 1.807) is 4.90 Å². The van der Waals surface area contributed by atoms with Crippen LogP contribution in [0.2, 0.25) is 0 Å². The van der Waals surface area contributed by atoms with E-state index in [9.17, 15) is 26.4 Å². The number of nitrogens with zero attached hydrogens (tertiary/aromatic N) is 2. The van der Waals surface area contributed by atoms with Gasteiger partial charge >= 0.3 is 12.1 Å². The largest absolute Gasteiger partial charge is 0.480 e. The van der Waals surface area contributed by atoms with Crippen LogP contribution in [0.4, 0.5) is 13.2 Å². The van der Waals surface area contributed by atoms with Gasteiger partial charge < -0.3 is 5.11 Å². The second kappa shape index (κ2) is 6.24. The molecular formula is C9H16F3N3O4S. The van der Waals surface area contributed by atoms with Crippen molar-refractivity contribution in [3.63, 3.8) is 0 Å². The van der Waals surface area contributed by atoms with Gasteiger partial charge in [-0.25, -0.2) is 0 Å². The summed E-state index contributed by atoms with van der Waals surface area (Å²) in [7, 11) is -4.20. The van der Waals surface area contributed by atoms with Crippen LogP contribution in [0.15, 0.2) is 0 Å². The molecule has 0 radical (unpaired) electrons. The summed E-state index contributed by atoms with van der Waals surface area (Å²) in [6.07, 6.45) is -4.62. The van der Waals surface area contributed by atoms with E-state index < -0.39 is 34.9 Å². The molecule has 118 valence electrons. The molecule has 1 rings (SSSR count). The minimum atomic E-state index is -4.62. The molecule has 0 saturated carbocycles. The van der Waals surface area contributed by atoms with Gasteiger partial charge in [0.25, 0.3) is 10.2 Å². The van der Waals surface area contributed by atoms with Gasteiger partial charge in [-0.2, -0.15) is 30.6 Å². The molecule has 1 aliphatic rings. The maximum absolute atomic E-state index is 12.0. The Morgan fingerprint density at radius 1 is 1.30 bits per heavy atom. The third-order valence-electron chi connectivity index (χ3n) is 2.97. The maximum atomic E-state index is 12.0. The zero-order valence-corrected chi connectivity index (χ0v) is 11.5. The monoisotopic (exact) mass is 319 g/mol. The molecular weight excluding hydrogens is 303 g/mol. The summed E-state index contributed by atoms with van der Waals surface area (Å²) in [6, 6.07) is -0.761. The lowest BCUT2D eigenvalue weighted by Crippen LogP contribution is -2.55. The molecule has 0 aromatic heterocycles. The van der Waals surface area contributed by atoms with Gasteiger partial charge in [-0.05, 0) is 6.92 Å². The first-order valence-corrected chi connectivity index (χ1v) is 7.25. The van der Waals surface area contributed by atoms with Gasteiger partial charge in [0, 0.05) is 26.2 Å². The highest BCUT2D eigenvalue weighted by Gasteiger charge is 2.34. The lowest BCUT2D eigenvalue weighted by Gasteiger charge is -2.35. The number of halogens is 3. The fourth-order valence-electron chi connectivity index (χ4n) is 1.75. The van der Waals surface area contributed by atoms with Crippen LogP contribution in [0.5, 0.6) is 0 Å². The third-order valence-corrected chi connectivity index (χ3v) is 4.53. The van der Waals surface area contributed by atoms with E-state index in [1.165, 1.54) is 11.6 Å². The van der Waals surface area contributed by atoms with Gasteiger partial charge in [-0.3, -0.25) is 9.69 Å². The van der Waals surface area contributed by atoms with Crippen LogP contribution in [-0.2, 0) is 15.0 Å². The summed E-state index contributed by atoms with van der Waals surface area (Å²) in [6.45, 7) is 0.0475. The number of rotatable bonds is 5. The first-order chi connectivity index (χ1) is 9.03. The normalized spacial score (nSPS) is 20.8. The zero-order chi connectivity index (χ0) is 15.6. The van der Waals surface area contributed by atoms with Crippen LogP contribution in [0.1, 0.15) is 6.92 Å². The van der Waals surface area contributed by atoms with E-state index in [0.29, 0.717) is 0 Å². The summed E-state index contributed by atoms with van der Waals surface area (Å²) < 4.78 is 61.6. The molecule has 7 nitrogen and oxygen atoms in total. The van der Waals surface area contributed by atoms with E-state index in [4.69, 9.17) is 5.11 Å². The van der Waals surface area contributed by atoms with E-state index in [-0.39, 0.29) is 26.2 Å². The predicted octanol–water partition coefficient (Wildman–Crippen LogP) is -0.526. The molecule has 1 atom stereocenters. The Labute approximate surface area is 114 Å². The van der Waals surface area contributed by atoms with Crippen LogP contribution < -0.4 is 4.72 Å². The van der Waals surface area contributed by atoms with Gasteiger partial charge in [0.1, 0.15) is 12.6 Å². The molecule has 0 aromatic rings. The number of aliphatic carboxylic acids is 1. The van der Waals surface area contributed by atoms with Crippen LogP contribution >= 0.6 is 0 Å². The molecule has 0 amide bonds. The van der Waals surface area contributed by atoms with E-state index >= 15 is 0 Å². The first kappa shape index (κ1) is 17.1. The summed E-state index contributed by atoms with van der Waals surface area (Å²) in [5.41, 5.74) is 0. The van der Waals surface area contributed by atoms with Crippen LogP contribution in [0, 0.1) is 0 Å². The second-order valence-corrected chi connectivity index (χ2v) is 6.15. The molecule has 0 aromatic carbocycles. The first-order valence-electron chi connectivity index (χ1n) is 5.81. The van der Waals surface area contributed by atoms with Crippen molar-refractivity contribution in [3.8, 4) is 0 Å². The van der Waals surface area contributed by atoms with Crippen molar-refractivity contribution in [2.24, 2.45) is 0 Å². The number of carbonyl (C=O) groups is 1. The number of hydrogen-bond acceptors (Lipinski definition) is 4. The molecule has 0 spiro atoms. The topological polar surface area (TPSA) is 90.0 Å². The molecule has 1 unspecified atom stereocenters. The summed E-state index contributed by atoms with van der Waals surface area (Å²) in [5, 5.41) is 8.82. The summed E-state index contributed by atoms with van der Waals surface area (Å²) in [4.78, 5) is 12.3. The Morgan fingerprint density at radius 3 is 2.20 bits per heavy atom. The molecule has 1 saturated heterocycles. The standard InChI is InChI=1S/C9H16F3N3O4S/c1-7(8(16)17)14-2-4-15(5-3-14)20(18,19)13-6-9(10,11)12/h7,13H,2-6H2,1H3,(H,16,17). The van der Waals surface area contributed by atoms with E-state index in [2.05, 4.69) is 0 Å². The number of carboxylic acid groups (broad SMARTS) is 1. The third kappa shape index (κ3) is 4.89. The Bertz CT molecular complexity index is 446. The van der Waals surface area contributed by atoms with Crippen molar-refractivity contribution in [1.82, 2.24) is 13.9 Å². The smallest absolute Gasteiger partial charge is 0.402 e. The Balaban J connectivity index is 2.54. The zero-order valence-electron chi connectivity index (χ0n) is 10.7. The van der Waals surface area contributed by atoms with Crippen molar-refractivity contribution in [1.29, 1.82) is 0 Å². The lowest BCUT2D eigenvalue weighted by atomic mass is 10.2. The predicted molar refractivity (Wildman–Crippen MR) is 63.2 cm³/mol. The van der Waals surface area contributed by atoms with Gasteiger partial charge in [-0.15, -0.1) is 0 Å². The lowest BCUT2D eigenvalue weighted by molar-refractivity contribution is -0.143. The molecule has 1 aliphatic heterocycles. The minimum absolute atomic E-state index is 0.0508. The van der Waals surface area contributed by atoms with Crippen LogP contribution in [-0.4, -0.2) is 73.6 Å². The number of alkyl halides is 3. The van der Waals surface area contributed by atoms with Crippen molar-refractivity contribution < 1.29 is 31.5 Å². The molecule has 11 heteroatoms. The molecule has 0 aliphatic carbocycles. The Kier molecular flexibility index (Phi) is 5.35. The number of piperazine rings is 1. The average Bonchev–Trinajstić information content (AvgIpc) is 2.35. The van der Waals surface area contributed by atoms with E-state index in [0.717, 1.165) is 4.31 Å². The molecule has 1 heterocycles. The molecule has 0 bridgehead atoms. The maximum Gasteiger partial charge on any atom is 0.402 e. The van der Waals surface area contributed by atoms with Crippen molar-refractivity contribution in [2.45, 2.75) is 19.1 Å². The van der Waals surface area contributed by atoms with Gasteiger partial charge in [0.15, 0.2) is 0 Å². The van der Waals surface area contributed by atoms with Crippen molar-refractivity contribution >= 4 is 16.2 Å². The molecule has 2 N–H and O–H groups in total. The summed E-state index contributed by atoms with van der Waals surface area (Å²) >= 11 is 0. The fourth-order valence-corrected chi connectivity index (χ4v) is 2.92. The SMILES string of the molecule is CC(C(=O)O)N1CCN(S(=O)(=O)NCC(F)(F)F)CC1. The van der Waals surface area contributed by atoms with Gasteiger partial charge in [-0.1, -0.05) is 0 Å². The minimum Gasteiger partial charge on any atom is -0.480 e. The van der Waals surface area contributed by atoms with Gasteiger partial charge in [0.05, 0.1) is 0 Å². The average molecular weight is 319 g/mol. The number of hydrogen-bond donors (Lipinski definition) is 2. The molecule has 20 heavy (non-hydrogen) atoms. The highest BCUT2D eigenvalue weighted by atomic mass is 32.2. The highest BCUT2D eigenvalue weighted by molar-refractivity contribution is 7.87. The van der Waals surface area contributed by atoms with Gasteiger partial charge in [0.2, 0.25) is 0 Å². The Morgan fingerprint density at radius 2 is 1.80 bits per heavy atom. The van der Waals surface area contributed by atoms with Crippen molar-refractivity contribution in [3.05, 3.63) is 0 Å². The highest BCUT2D eigenvalue weighted by Crippen LogP contribution is 2.14.